The lowest BCUT2D eigenvalue weighted by molar-refractivity contribution is -0.116. The van der Waals surface area contributed by atoms with Gasteiger partial charge in [0.05, 0.1) is 0 Å². The van der Waals surface area contributed by atoms with Crippen LogP contribution >= 0.6 is 50.9 Å². The number of hydrogen-bond acceptors (Lipinski definition) is 4. The van der Waals surface area contributed by atoms with Gasteiger partial charge in [0.1, 0.15) is 10.9 Å². The second-order valence-corrected chi connectivity index (χ2v) is 12.8. The van der Waals surface area contributed by atoms with Gasteiger partial charge in [0.15, 0.2) is 0 Å². The van der Waals surface area contributed by atoms with Gasteiger partial charge in [0.25, 0.3) is 11.8 Å². The van der Waals surface area contributed by atoms with Crippen LogP contribution in [0.2, 0.25) is 10.0 Å². The highest BCUT2D eigenvalue weighted by Gasteiger charge is 2.23. The third kappa shape index (κ3) is 8.89. The molecular formula is C36H26BrCl2N3O3S. The van der Waals surface area contributed by atoms with Gasteiger partial charge in [-0.2, -0.15) is 0 Å². The molecule has 5 aromatic rings. The van der Waals surface area contributed by atoms with Crippen LogP contribution in [0.5, 0.6) is 0 Å². The van der Waals surface area contributed by atoms with Crippen LogP contribution in [0.1, 0.15) is 26.7 Å². The van der Waals surface area contributed by atoms with Crippen molar-refractivity contribution in [2.75, 3.05) is 10.6 Å². The quantitative estimate of drug-likeness (QED) is 0.0987. The van der Waals surface area contributed by atoms with Gasteiger partial charge in [-0.05, 0) is 78.4 Å². The van der Waals surface area contributed by atoms with Crippen molar-refractivity contribution < 1.29 is 14.4 Å². The molecule has 0 fully saturated rings. The molecule has 0 aromatic heterocycles. The molecule has 5 aromatic carbocycles. The molecule has 0 heterocycles. The topological polar surface area (TPSA) is 87.3 Å². The normalized spacial score (nSPS) is 11.8. The number of benzene rings is 5. The van der Waals surface area contributed by atoms with Gasteiger partial charge < -0.3 is 16.0 Å². The fraction of sp³-hybridized carbons (Fsp3) is 0.0278. The Morgan fingerprint density at radius 3 is 2.00 bits per heavy atom. The summed E-state index contributed by atoms with van der Waals surface area (Å²) in [6, 6.07) is 37.5. The Bertz CT molecular complexity index is 1870. The van der Waals surface area contributed by atoms with Crippen LogP contribution in [0.4, 0.5) is 11.4 Å². The molecule has 46 heavy (non-hydrogen) atoms. The Labute approximate surface area is 289 Å². The van der Waals surface area contributed by atoms with Crippen molar-refractivity contribution in [2.45, 2.75) is 10.1 Å². The molecule has 0 saturated heterocycles. The van der Waals surface area contributed by atoms with Gasteiger partial charge in [-0.1, -0.05) is 99.8 Å². The molecule has 10 heteroatoms. The Morgan fingerprint density at radius 1 is 0.696 bits per heavy atom. The molecule has 0 aliphatic rings. The Kier molecular flexibility index (Phi) is 11.3. The first-order valence-corrected chi connectivity index (χ1v) is 16.4. The highest BCUT2D eigenvalue weighted by molar-refractivity contribution is 9.10. The molecule has 3 N–H and O–H groups in total. The van der Waals surface area contributed by atoms with E-state index in [1.165, 1.54) is 17.8 Å². The molecule has 0 bridgehead atoms. The summed E-state index contributed by atoms with van der Waals surface area (Å²) in [5, 5.41) is 8.60. The van der Waals surface area contributed by atoms with Gasteiger partial charge >= 0.3 is 0 Å². The highest BCUT2D eigenvalue weighted by Crippen LogP contribution is 2.37. The zero-order chi connectivity index (χ0) is 32.5. The minimum atomic E-state index is -0.588. The first kappa shape index (κ1) is 33.0. The zero-order valence-electron chi connectivity index (χ0n) is 24.0. The number of thioether (sulfide) groups is 1. The van der Waals surface area contributed by atoms with E-state index in [0.717, 1.165) is 14.9 Å². The molecular weight excluding hydrogens is 705 g/mol. The molecule has 0 aliphatic carbocycles. The summed E-state index contributed by atoms with van der Waals surface area (Å²) in [7, 11) is 0. The molecule has 0 spiro atoms. The van der Waals surface area contributed by atoms with Crippen molar-refractivity contribution in [2.24, 2.45) is 0 Å². The van der Waals surface area contributed by atoms with Crippen molar-refractivity contribution >= 4 is 86.1 Å². The van der Waals surface area contributed by atoms with Crippen LogP contribution in [0, 0.1) is 0 Å². The summed E-state index contributed by atoms with van der Waals surface area (Å²) in [6.45, 7) is 0. The lowest BCUT2D eigenvalue weighted by Gasteiger charge is -2.18. The Hall–Kier alpha value is -4.34. The first-order valence-electron chi connectivity index (χ1n) is 14.0. The molecule has 6 nitrogen and oxygen atoms in total. The van der Waals surface area contributed by atoms with Crippen LogP contribution in [0.25, 0.3) is 6.08 Å². The first-order chi connectivity index (χ1) is 22.3. The summed E-state index contributed by atoms with van der Waals surface area (Å²) in [4.78, 5) is 41.0. The number of rotatable bonds is 10. The van der Waals surface area contributed by atoms with E-state index >= 15 is 0 Å². The van der Waals surface area contributed by atoms with Crippen molar-refractivity contribution in [3.8, 4) is 0 Å². The lowest BCUT2D eigenvalue weighted by Crippen LogP contribution is -2.30. The standard InChI is InChI=1S/C36H26BrCl2N3O3S/c37-25-17-19-26(20-18-25)40-36(45)33(23-9-3-1-4-10-23)46-28-14-7-13-27(21-28)41-35(44)32(22-29-30(38)15-8-16-31(29)39)42-34(43)24-11-5-2-6-12-24/h1-22,33H,(H,40,45)(H,41,44)(H,42,43)/b32-22+. The molecule has 0 radical (unpaired) electrons. The van der Waals surface area contributed by atoms with Crippen LogP contribution in [0.3, 0.4) is 0 Å². The minimum absolute atomic E-state index is 0.0575. The van der Waals surface area contributed by atoms with Crippen LogP contribution in [-0.4, -0.2) is 17.7 Å². The number of amides is 3. The highest BCUT2D eigenvalue weighted by atomic mass is 79.9. The van der Waals surface area contributed by atoms with Crippen molar-refractivity contribution in [1.82, 2.24) is 5.32 Å². The molecule has 1 atom stereocenters. The van der Waals surface area contributed by atoms with Crippen molar-refractivity contribution in [1.29, 1.82) is 0 Å². The van der Waals surface area contributed by atoms with Gasteiger partial charge in [0, 0.05) is 41.9 Å². The summed E-state index contributed by atoms with van der Waals surface area (Å²) in [6.07, 6.45) is 1.44. The predicted octanol–water partition coefficient (Wildman–Crippen LogP) is 9.64. The molecule has 3 amide bonds. The lowest BCUT2D eigenvalue weighted by atomic mass is 10.1. The number of carbonyl (C=O) groups excluding carboxylic acids is 3. The van der Waals surface area contributed by atoms with Crippen molar-refractivity contribution in [3.05, 3.63) is 164 Å². The van der Waals surface area contributed by atoms with Gasteiger partial charge in [-0.25, -0.2) is 0 Å². The van der Waals surface area contributed by atoms with E-state index in [9.17, 15) is 14.4 Å². The molecule has 5 rings (SSSR count). The van der Waals surface area contributed by atoms with Crippen LogP contribution in [-0.2, 0) is 9.59 Å². The number of halogens is 3. The smallest absolute Gasteiger partial charge is 0.272 e. The molecule has 0 aliphatic heterocycles. The van der Waals surface area contributed by atoms with E-state index in [0.29, 0.717) is 32.5 Å². The van der Waals surface area contributed by atoms with E-state index in [1.807, 2.05) is 60.7 Å². The van der Waals surface area contributed by atoms with Crippen LogP contribution in [0.15, 0.2) is 142 Å². The summed E-state index contributed by atoms with van der Waals surface area (Å²) in [5.74, 6) is -1.26. The molecule has 1 unspecified atom stereocenters. The SMILES string of the molecule is O=C(Nc1cccc(SC(C(=O)Nc2ccc(Br)cc2)c2ccccc2)c1)/C(=C\c1c(Cl)cccc1Cl)NC(=O)c1ccccc1. The minimum Gasteiger partial charge on any atom is -0.325 e. The maximum atomic E-state index is 13.6. The molecule has 230 valence electrons. The second-order valence-electron chi connectivity index (χ2n) is 9.90. The van der Waals surface area contributed by atoms with Crippen molar-refractivity contribution in [3.63, 3.8) is 0 Å². The van der Waals surface area contributed by atoms with E-state index in [4.69, 9.17) is 23.2 Å². The fourth-order valence-electron chi connectivity index (χ4n) is 4.36. The predicted molar refractivity (Wildman–Crippen MR) is 191 cm³/mol. The van der Waals surface area contributed by atoms with Gasteiger partial charge in [0.2, 0.25) is 5.91 Å². The van der Waals surface area contributed by atoms with E-state index in [2.05, 4.69) is 31.9 Å². The summed E-state index contributed by atoms with van der Waals surface area (Å²) < 4.78 is 0.908. The number of hydrogen-bond donors (Lipinski definition) is 3. The van der Waals surface area contributed by atoms with Crippen LogP contribution < -0.4 is 16.0 Å². The number of anilines is 2. The third-order valence-electron chi connectivity index (χ3n) is 6.62. The molecule has 0 saturated carbocycles. The van der Waals surface area contributed by atoms with Gasteiger partial charge in [-0.3, -0.25) is 14.4 Å². The van der Waals surface area contributed by atoms with E-state index < -0.39 is 17.1 Å². The Morgan fingerprint density at radius 2 is 1.33 bits per heavy atom. The van der Waals surface area contributed by atoms with Gasteiger partial charge in [-0.15, -0.1) is 11.8 Å². The number of nitrogens with one attached hydrogen (secondary N) is 3. The largest absolute Gasteiger partial charge is 0.325 e. The third-order valence-corrected chi connectivity index (χ3v) is 9.05. The van der Waals surface area contributed by atoms with E-state index in [-0.39, 0.29) is 11.6 Å². The fourth-order valence-corrected chi connectivity index (χ4v) is 6.21. The summed E-state index contributed by atoms with van der Waals surface area (Å²) in [5.41, 5.74) is 2.65. The summed E-state index contributed by atoms with van der Waals surface area (Å²) >= 11 is 17.5. The maximum absolute atomic E-state index is 13.6. The number of carbonyl (C=O) groups is 3. The Balaban J connectivity index is 1.39. The monoisotopic (exact) mass is 729 g/mol. The second kappa shape index (κ2) is 15.8. The average Bonchev–Trinajstić information content (AvgIpc) is 3.06. The maximum Gasteiger partial charge on any atom is 0.272 e. The average molecular weight is 731 g/mol. The zero-order valence-corrected chi connectivity index (χ0v) is 28.0. The van der Waals surface area contributed by atoms with E-state index in [1.54, 1.807) is 66.7 Å².